The van der Waals surface area contributed by atoms with Gasteiger partial charge in [-0.15, -0.1) is 0 Å². The van der Waals surface area contributed by atoms with E-state index in [2.05, 4.69) is 39.9 Å². The zero-order valence-electron chi connectivity index (χ0n) is 12.6. The van der Waals surface area contributed by atoms with Gasteiger partial charge in [-0.2, -0.15) is 0 Å². The number of ether oxygens (including phenoxy) is 1. The third kappa shape index (κ3) is 8.62. The van der Waals surface area contributed by atoms with Crippen molar-refractivity contribution in [3.8, 4) is 0 Å². The lowest BCUT2D eigenvalue weighted by atomic mass is 10.0. The Morgan fingerprint density at radius 1 is 1.00 bits per heavy atom. The highest BCUT2D eigenvalue weighted by molar-refractivity contribution is 4.76. The first kappa shape index (κ1) is 16.9. The van der Waals surface area contributed by atoms with Crippen molar-refractivity contribution in [1.82, 2.24) is 5.32 Å². The molecule has 0 heterocycles. The predicted octanol–water partition coefficient (Wildman–Crippen LogP) is 4.00. The van der Waals surface area contributed by atoms with E-state index >= 15 is 0 Å². The Balaban J connectivity index is 4.04. The van der Waals surface area contributed by atoms with Crippen LogP contribution in [0.3, 0.4) is 0 Å². The van der Waals surface area contributed by atoms with Crippen molar-refractivity contribution in [2.75, 3.05) is 13.2 Å². The molecule has 2 nitrogen and oxygen atoms in total. The topological polar surface area (TPSA) is 21.3 Å². The van der Waals surface area contributed by atoms with Gasteiger partial charge in [-0.1, -0.05) is 41.0 Å². The monoisotopic (exact) mass is 243 g/mol. The van der Waals surface area contributed by atoms with Gasteiger partial charge >= 0.3 is 0 Å². The molecule has 0 aliphatic carbocycles. The van der Waals surface area contributed by atoms with Crippen molar-refractivity contribution >= 4 is 0 Å². The van der Waals surface area contributed by atoms with Gasteiger partial charge in [0.1, 0.15) is 0 Å². The third-order valence-corrected chi connectivity index (χ3v) is 3.13. The quantitative estimate of drug-likeness (QED) is 0.592. The molecule has 0 aromatic carbocycles. The molecule has 0 aromatic rings. The van der Waals surface area contributed by atoms with E-state index in [0.717, 1.165) is 25.5 Å². The summed E-state index contributed by atoms with van der Waals surface area (Å²) in [6.45, 7) is 13.2. The highest BCUT2D eigenvalue weighted by Gasteiger charge is 2.18. The SMILES string of the molecule is CCCNC(CCC)C(CC)OCCC(C)C. The molecule has 1 N–H and O–H groups in total. The summed E-state index contributed by atoms with van der Waals surface area (Å²) in [4.78, 5) is 0. The van der Waals surface area contributed by atoms with Gasteiger partial charge in [0, 0.05) is 12.6 Å². The molecule has 0 spiro atoms. The molecule has 0 aliphatic heterocycles. The lowest BCUT2D eigenvalue weighted by molar-refractivity contribution is 0.0163. The molecule has 0 bridgehead atoms. The van der Waals surface area contributed by atoms with Crippen LogP contribution in [-0.4, -0.2) is 25.3 Å². The van der Waals surface area contributed by atoms with Crippen LogP contribution < -0.4 is 5.32 Å². The van der Waals surface area contributed by atoms with E-state index in [1.165, 1.54) is 25.7 Å². The summed E-state index contributed by atoms with van der Waals surface area (Å²) in [6, 6.07) is 0.539. The van der Waals surface area contributed by atoms with Gasteiger partial charge in [0.25, 0.3) is 0 Å². The van der Waals surface area contributed by atoms with Gasteiger partial charge in [-0.25, -0.2) is 0 Å². The number of hydrogen-bond donors (Lipinski definition) is 1. The minimum absolute atomic E-state index is 0.389. The Morgan fingerprint density at radius 3 is 2.18 bits per heavy atom. The molecule has 0 saturated carbocycles. The summed E-state index contributed by atoms with van der Waals surface area (Å²) < 4.78 is 6.05. The normalized spacial score (nSPS) is 15.2. The van der Waals surface area contributed by atoms with Gasteiger partial charge in [0.15, 0.2) is 0 Å². The molecule has 17 heavy (non-hydrogen) atoms. The Hall–Kier alpha value is -0.0800. The molecule has 0 fully saturated rings. The third-order valence-electron chi connectivity index (χ3n) is 3.13. The fraction of sp³-hybridized carbons (Fsp3) is 1.00. The van der Waals surface area contributed by atoms with E-state index in [9.17, 15) is 0 Å². The summed E-state index contributed by atoms with van der Waals surface area (Å²) in [5, 5.41) is 3.63. The van der Waals surface area contributed by atoms with E-state index in [-0.39, 0.29) is 0 Å². The lowest BCUT2D eigenvalue weighted by Gasteiger charge is -2.27. The average molecular weight is 243 g/mol. The van der Waals surface area contributed by atoms with Crippen molar-refractivity contribution < 1.29 is 4.74 Å². The molecule has 0 amide bonds. The van der Waals surface area contributed by atoms with Crippen molar-refractivity contribution in [2.24, 2.45) is 5.92 Å². The fourth-order valence-corrected chi connectivity index (χ4v) is 2.03. The van der Waals surface area contributed by atoms with Crippen LogP contribution in [0.5, 0.6) is 0 Å². The summed E-state index contributed by atoms with van der Waals surface area (Å²) in [5.74, 6) is 0.737. The Kier molecular flexibility index (Phi) is 11.0. The van der Waals surface area contributed by atoms with Gasteiger partial charge in [-0.3, -0.25) is 0 Å². The first-order valence-electron chi connectivity index (χ1n) is 7.50. The van der Waals surface area contributed by atoms with Crippen molar-refractivity contribution in [2.45, 2.75) is 78.9 Å². The average Bonchev–Trinajstić information content (AvgIpc) is 2.30. The summed E-state index contributed by atoms with van der Waals surface area (Å²) in [6.07, 6.45) is 6.32. The van der Waals surface area contributed by atoms with Gasteiger partial charge in [0.2, 0.25) is 0 Å². The predicted molar refractivity (Wildman–Crippen MR) is 76.5 cm³/mol. The smallest absolute Gasteiger partial charge is 0.0725 e. The molecular weight excluding hydrogens is 210 g/mol. The number of hydrogen-bond acceptors (Lipinski definition) is 2. The first-order valence-corrected chi connectivity index (χ1v) is 7.50. The Morgan fingerprint density at radius 2 is 1.71 bits per heavy atom. The summed E-state index contributed by atoms with van der Waals surface area (Å²) in [5.41, 5.74) is 0. The zero-order valence-corrected chi connectivity index (χ0v) is 12.6. The van der Waals surface area contributed by atoms with Crippen molar-refractivity contribution in [3.63, 3.8) is 0 Å². The molecule has 0 rings (SSSR count). The lowest BCUT2D eigenvalue weighted by Crippen LogP contribution is -2.41. The van der Waals surface area contributed by atoms with Crippen LogP contribution >= 0.6 is 0 Å². The van der Waals surface area contributed by atoms with Crippen LogP contribution in [0.2, 0.25) is 0 Å². The standard InChI is InChI=1S/C15H33NO/c1-6-9-14(16-11-7-2)15(8-3)17-12-10-13(4)5/h13-16H,6-12H2,1-5H3. The summed E-state index contributed by atoms with van der Waals surface area (Å²) in [7, 11) is 0. The highest BCUT2D eigenvalue weighted by Crippen LogP contribution is 2.12. The van der Waals surface area contributed by atoms with E-state index in [4.69, 9.17) is 4.74 Å². The van der Waals surface area contributed by atoms with Gasteiger partial charge in [0.05, 0.1) is 6.10 Å². The van der Waals surface area contributed by atoms with Crippen LogP contribution in [0, 0.1) is 5.92 Å². The van der Waals surface area contributed by atoms with Crippen LogP contribution in [-0.2, 0) is 4.74 Å². The largest absolute Gasteiger partial charge is 0.377 e. The van der Waals surface area contributed by atoms with Crippen LogP contribution in [0.4, 0.5) is 0 Å². The molecule has 0 radical (unpaired) electrons. The second-order valence-electron chi connectivity index (χ2n) is 5.35. The Labute approximate surface area is 109 Å². The second-order valence-corrected chi connectivity index (χ2v) is 5.35. The molecule has 0 aliphatic rings. The fourth-order valence-electron chi connectivity index (χ4n) is 2.03. The van der Waals surface area contributed by atoms with Crippen molar-refractivity contribution in [3.05, 3.63) is 0 Å². The maximum absolute atomic E-state index is 6.05. The van der Waals surface area contributed by atoms with Crippen LogP contribution in [0.1, 0.15) is 66.7 Å². The second kappa shape index (κ2) is 11.0. The molecule has 0 saturated heterocycles. The molecule has 104 valence electrons. The van der Waals surface area contributed by atoms with E-state index in [0.29, 0.717) is 12.1 Å². The van der Waals surface area contributed by atoms with E-state index in [1.54, 1.807) is 0 Å². The first-order chi connectivity index (χ1) is 8.15. The van der Waals surface area contributed by atoms with Gasteiger partial charge < -0.3 is 10.1 Å². The molecule has 0 aromatic heterocycles. The number of rotatable bonds is 11. The highest BCUT2D eigenvalue weighted by atomic mass is 16.5. The maximum atomic E-state index is 6.05. The minimum Gasteiger partial charge on any atom is -0.377 e. The summed E-state index contributed by atoms with van der Waals surface area (Å²) >= 11 is 0. The van der Waals surface area contributed by atoms with Gasteiger partial charge in [-0.05, 0) is 38.1 Å². The maximum Gasteiger partial charge on any atom is 0.0725 e. The number of nitrogens with one attached hydrogen (secondary N) is 1. The molecular formula is C15H33NO. The van der Waals surface area contributed by atoms with Crippen LogP contribution in [0.25, 0.3) is 0 Å². The zero-order chi connectivity index (χ0) is 13.1. The van der Waals surface area contributed by atoms with E-state index < -0.39 is 0 Å². The van der Waals surface area contributed by atoms with Crippen molar-refractivity contribution in [1.29, 1.82) is 0 Å². The molecule has 2 unspecified atom stereocenters. The Bertz CT molecular complexity index is 159. The molecule has 2 heteroatoms. The van der Waals surface area contributed by atoms with Crippen LogP contribution in [0.15, 0.2) is 0 Å². The van der Waals surface area contributed by atoms with E-state index in [1.807, 2.05) is 0 Å². The molecule has 2 atom stereocenters. The minimum atomic E-state index is 0.389.